The van der Waals surface area contributed by atoms with Gasteiger partial charge in [-0.1, -0.05) is 0 Å². The van der Waals surface area contributed by atoms with E-state index in [4.69, 9.17) is 9.52 Å². The number of benzene rings is 1. The van der Waals surface area contributed by atoms with E-state index in [9.17, 15) is 13.6 Å². The first-order valence-corrected chi connectivity index (χ1v) is 5.03. The molecule has 4 nitrogen and oxygen atoms in total. The van der Waals surface area contributed by atoms with Crippen LogP contribution in [0, 0.1) is 18.6 Å². The fourth-order valence-corrected chi connectivity index (χ4v) is 1.39. The van der Waals surface area contributed by atoms with E-state index >= 15 is 0 Å². The average molecular weight is 253 g/mol. The Morgan fingerprint density at radius 3 is 2.61 bits per heavy atom. The van der Waals surface area contributed by atoms with Crippen molar-refractivity contribution in [3.8, 4) is 0 Å². The van der Waals surface area contributed by atoms with Gasteiger partial charge in [0.05, 0.1) is 5.69 Å². The third-order valence-electron chi connectivity index (χ3n) is 2.32. The number of hydrogen-bond acceptors (Lipinski definition) is 3. The molecule has 0 aliphatic rings. The fourth-order valence-electron chi connectivity index (χ4n) is 1.39. The molecule has 0 aliphatic heterocycles. The predicted octanol–water partition coefficient (Wildman–Crippen LogP) is 3.31. The highest BCUT2D eigenvalue weighted by molar-refractivity contribution is 5.85. The molecule has 18 heavy (non-hydrogen) atoms. The smallest absolute Gasteiger partial charge is 0.371 e. The van der Waals surface area contributed by atoms with E-state index in [0.29, 0.717) is 0 Å². The lowest BCUT2D eigenvalue weighted by molar-refractivity contribution is 0.0663. The Kier molecular flexibility index (Phi) is 3.01. The molecule has 0 bridgehead atoms. The molecular weight excluding hydrogens is 244 g/mol. The van der Waals surface area contributed by atoms with Crippen molar-refractivity contribution in [2.45, 2.75) is 6.92 Å². The van der Waals surface area contributed by atoms with Crippen molar-refractivity contribution in [2.24, 2.45) is 0 Å². The van der Waals surface area contributed by atoms with E-state index in [1.54, 1.807) is 0 Å². The molecule has 0 atom stereocenters. The van der Waals surface area contributed by atoms with Gasteiger partial charge in [0.15, 0.2) is 5.88 Å². The van der Waals surface area contributed by atoms with E-state index in [-0.39, 0.29) is 22.9 Å². The Bertz CT molecular complexity index is 607. The minimum Gasteiger partial charge on any atom is -0.475 e. The van der Waals surface area contributed by atoms with Gasteiger partial charge in [-0.15, -0.1) is 0 Å². The van der Waals surface area contributed by atoms with Crippen molar-refractivity contribution in [3.05, 3.63) is 47.2 Å². The fraction of sp³-hybridized carbons (Fsp3) is 0.0833. The summed E-state index contributed by atoms with van der Waals surface area (Å²) in [5.74, 6) is -2.72. The topological polar surface area (TPSA) is 62.5 Å². The number of anilines is 2. The summed E-state index contributed by atoms with van der Waals surface area (Å²) >= 11 is 0. The van der Waals surface area contributed by atoms with Gasteiger partial charge in [-0.2, -0.15) is 0 Å². The minimum atomic E-state index is -1.24. The summed E-state index contributed by atoms with van der Waals surface area (Å²) in [5.41, 5.74) is 0.0631. The van der Waals surface area contributed by atoms with Crippen molar-refractivity contribution in [2.75, 3.05) is 5.32 Å². The van der Waals surface area contributed by atoms with Crippen LogP contribution in [0.3, 0.4) is 0 Å². The van der Waals surface area contributed by atoms with Gasteiger partial charge in [0.25, 0.3) is 0 Å². The number of hydrogen-bond donors (Lipinski definition) is 2. The molecule has 0 saturated heterocycles. The first-order chi connectivity index (χ1) is 8.47. The number of carboxylic acids is 1. The molecule has 0 spiro atoms. The van der Waals surface area contributed by atoms with Crippen LogP contribution < -0.4 is 5.32 Å². The lowest BCUT2D eigenvalue weighted by Gasteiger charge is -2.06. The van der Waals surface area contributed by atoms with E-state index in [1.807, 2.05) is 0 Å². The molecule has 0 aliphatic carbocycles. The SMILES string of the molecule is Cc1cc(F)c(Nc2ccc(C(=O)O)o2)cc1F. The van der Waals surface area contributed by atoms with E-state index in [1.165, 1.54) is 19.1 Å². The predicted molar refractivity (Wildman–Crippen MR) is 60.0 cm³/mol. The second-order valence-corrected chi connectivity index (χ2v) is 3.68. The average Bonchev–Trinajstić information content (AvgIpc) is 2.74. The van der Waals surface area contributed by atoms with Crippen LogP contribution in [-0.2, 0) is 0 Å². The molecule has 6 heteroatoms. The van der Waals surface area contributed by atoms with Crippen molar-refractivity contribution in [3.63, 3.8) is 0 Å². The van der Waals surface area contributed by atoms with Crippen LogP contribution in [-0.4, -0.2) is 11.1 Å². The molecule has 1 aromatic heterocycles. The standard InChI is InChI=1S/C12H9F2NO3/c1-6-4-8(14)9(5-7(6)13)15-11-3-2-10(18-11)12(16)17/h2-5,15H,1H3,(H,16,17). The third kappa shape index (κ3) is 2.32. The molecule has 0 fully saturated rings. The molecular formula is C12H9F2NO3. The van der Waals surface area contributed by atoms with Gasteiger partial charge in [0.2, 0.25) is 5.76 Å². The summed E-state index contributed by atoms with van der Waals surface area (Å²) in [5, 5.41) is 11.1. The molecule has 2 N–H and O–H groups in total. The Morgan fingerprint density at radius 2 is 2.00 bits per heavy atom. The van der Waals surface area contributed by atoms with E-state index in [2.05, 4.69) is 5.32 Å². The Labute approximate surface area is 101 Å². The second-order valence-electron chi connectivity index (χ2n) is 3.68. The number of carbonyl (C=O) groups is 1. The van der Waals surface area contributed by atoms with Crippen molar-refractivity contribution in [1.82, 2.24) is 0 Å². The number of furan rings is 1. The van der Waals surface area contributed by atoms with Gasteiger partial charge in [-0.25, -0.2) is 13.6 Å². The van der Waals surface area contributed by atoms with Gasteiger partial charge >= 0.3 is 5.97 Å². The lowest BCUT2D eigenvalue weighted by atomic mass is 10.2. The molecule has 1 heterocycles. The maximum absolute atomic E-state index is 13.5. The maximum atomic E-state index is 13.5. The number of aryl methyl sites for hydroxylation is 1. The van der Waals surface area contributed by atoms with Crippen LogP contribution in [0.1, 0.15) is 16.1 Å². The maximum Gasteiger partial charge on any atom is 0.371 e. The number of nitrogens with one attached hydrogen (secondary N) is 1. The van der Waals surface area contributed by atoms with Crippen molar-refractivity contribution < 1.29 is 23.1 Å². The zero-order chi connectivity index (χ0) is 13.3. The minimum absolute atomic E-state index is 0.0227. The molecule has 0 unspecified atom stereocenters. The van der Waals surface area contributed by atoms with E-state index < -0.39 is 17.6 Å². The molecule has 2 aromatic rings. The Morgan fingerprint density at radius 1 is 1.28 bits per heavy atom. The number of halogens is 2. The third-order valence-corrected chi connectivity index (χ3v) is 2.32. The Balaban J connectivity index is 2.28. The largest absolute Gasteiger partial charge is 0.475 e. The molecule has 0 amide bonds. The van der Waals surface area contributed by atoms with Crippen LogP contribution in [0.5, 0.6) is 0 Å². The zero-order valence-electron chi connectivity index (χ0n) is 9.33. The number of rotatable bonds is 3. The van der Waals surface area contributed by atoms with Crippen LogP contribution in [0.25, 0.3) is 0 Å². The van der Waals surface area contributed by atoms with Gasteiger partial charge in [-0.3, -0.25) is 0 Å². The first kappa shape index (κ1) is 12.1. The highest BCUT2D eigenvalue weighted by atomic mass is 19.1. The van der Waals surface area contributed by atoms with Crippen molar-refractivity contribution >= 4 is 17.5 Å². The summed E-state index contributed by atoms with van der Waals surface area (Å²) in [6, 6.07) is 4.56. The first-order valence-electron chi connectivity index (χ1n) is 5.03. The van der Waals surface area contributed by atoms with Crippen LogP contribution in [0.15, 0.2) is 28.7 Å². The monoisotopic (exact) mass is 253 g/mol. The molecule has 2 rings (SSSR count). The molecule has 94 valence electrons. The summed E-state index contributed by atoms with van der Waals surface area (Å²) < 4.78 is 31.6. The second kappa shape index (κ2) is 4.48. The number of aromatic carboxylic acids is 1. The normalized spacial score (nSPS) is 10.4. The van der Waals surface area contributed by atoms with Crippen LogP contribution >= 0.6 is 0 Å². The lowest BCUT2D eigenvalue weighted by Crippen LogP contribution is -1.96. The summed E-state index contributed by atoms with van der Waals surface area (Å²) in [6.45, 7) is 1.44. The van der Waals surface area contributed by atoms with Crippen LogP contribution in [0.4, 0.5) is 20.4 Å². The van der Waals surface area contributed by atoms with Gasteiger partial charge < -0.3 is 14.8 Å². The summed E-state index contributed by atoms with van der Waals surface area (Å²) in [7, 11) is 0. The van der Waals surface area contributed by atoms with Crippen molar-refractivity contribution in [1.29, 1.82) is 0 Å². The molecule has 1 aromatic carbocycles. The quantitative estimate of drug-likeness (QED) is 0.880. The summed E-state index contributed by atoms with van der Waals surface area (Å²) in [6.07, 6.45) is 0. The Hall–Kier alpha value is -2.37. The zero-order valence-corrected chi connectivity index (χ0v) is 9.33. The highest BCUT2D eigenvalue weighted by Gasteiger charge is 2.12. The van der Waals surface area contributed by atoms with E-state index in [0.717, 1.165) is 12.1 Å². The van der Waals surface area contributed by atoms with Gasteiger partial charge in [0.1, 0.15) is 11.6 Å². The highest BCUT2D eigenvalue weighted by Crippen LogP contribution is 2.24. The number of carboxylic acid groups (broad SMARTS) is 1. The molecule has 0 saturated carbocycles. The molecule has 0 radical (unpaired) electrons. The van der Waals surface area contributed by atoms with Gasteiger partial charge in [-0.05, 0) is 24.6 Å². The van der Waals surface area contributed by atoms with Gasteiger partial charge in [0, 0.05) is 12.1 Å². The summed E-state index contributed by atoms with van der Waals surface area (Å²) in [4.78, 5) is 10.6. The van der Waals surface area contributed by atoms with Crippen LogP contribution in [0.2, 0.25) is 0 Å².